The van der Waals surface area contributed by atoms with E-state index >= 15 is 0 Å². The predicted molar refractivity (Wildman–Crippen MR) is 69.4 cm³/mol. The van der Waals surface area contributed by atoms with Crippen LogP contribution < -0.4 is 5.32 Å². The molecule has 0 atom stereocenters. The van der Waals surface area contributed by atoms with Gasteiger partial charge in [-0.3, -0.25) is 14.6 Å². The Hall–Kier alpha value is -2.23. The van der Waals surface area contributed by atoms with Crippen LogP contribution in [0.15, 0.2) is 36.5 Å². The molecule has 4 heteroatoms. The summed E-state index contributed by atoms with van der Waals surface area (Å²) in [5.74, 6) is -0.191. The molecule has 1 N–H and O–H groups in total. The van der Waals surface area contributed by atoms with Gasteiger partial charge in [-0.15, -0.1) is 0 Å². The molecule has 18 heavy (non-hydrogen) atoms. The van der Waals surface area contributed by atoms with Crippen molar-refractivity contribution < 1.29 is 9.59 Å². The topological polar surface area (TPSA) is 59.1 Å². The first-order chi connectivity index (χ1) is 8.66. The number of hydrogen-bond donors (Lipinski definition) is 1. The van der Waals surface area contributed by atoms with Crippen molar-refractivity contribution in [1.82, 2.24) is 10.3 Å². The van der Waals surface area contributed by atoms with Gasteiger partial charge in [0.15, 0.2) is 0 Å². The van der Waals surface area contributed by atoms with Crippen LogP contribution >= 0.6 is 0 Å². The van der Waals surface area contributed by atoms with E-state index in [1.54, 1.807) is 12.3 Å². The van der Waals surface area contributed by atoms with E-state index in [1.807, 2.05) is 24.3 Å². The van der Waals surface area contributed by atoms with E-state index in [4.69, 9.17) is 0 Å². The number of pyridine rings is 1. The lowest BCUT2D eigenvalue weighted by Gasteiger charge is -2.04. The molecule has 0 aliphatic carbocycles. The number of amides is 1. The maximum absolute atomic E-state index is 11.8. The molecule has 2 rings (SSSR count). The lowest BCUT2D eigenvalue weighted by molar-refractivity contribution is -0.116. The van der Waals surface area contributed by atoms with Gasteiger partial charge in [0.05, 0.1) is 0 Å². The Morgan fingerprint density at radius 2 is 1.94 bits per heavy atom. The van der Waals surface area contributed by atoms with Crippen molar-refractivity contribution in [3.8, 4) is 0 Å². The van der Waals surface area contributed by atoms with Gasteiger partial charge in [-0.1, -0.05) is 24.3 Å². The third-order valence-electron chi connectivity index (χ3n) is 2.63. The summed E-state index contributed by atoms with van der Waals surface area (Å²) in [5, 5.41) is 4.65. The van der Waals surface area contributed by atoms with Crippen molar-refractivity contribution in [2.24, 2.45) is 0 Å². The summed E-state index contributed by atoms with van der Waals surface area (Å²) in [6.45, 7) is 1.85. The van der Waals surface area contributed by atoms with Crippen molar-refractivity contribution in [1.29, 1.82) is 0 Å². The molecule has 1 aromatic heterocycles. The molecule has 1 heterocycles. The summed E-state index contributed by atoms with van der Waals surface area (Å²) < 4.78 is 0. The van der Waals surface area contributed by atoms with Gasteiger partial charge in [-0.05, 0) is 18.4 Å². The van der Waals surface area contributed by atoms with Crippen molar-refractivity contribution in [2.45, 2.75) is 13.3 Å². The highest BCUT2D eigenvalue weighted by molar-refractivity contribution is 5.96. The second-order valence-corrected chi connectivity index (χ2v) is 4.12. The number of rotatable bonds is 4. The molecule has 2 aromatic rings. The van der Waals surface area contributed by atoms with E-state index in [0.29, 0.717) is 18.7 Å². The first-order valence-corrected chi connectivity index (χ1v) is 5.79. The van der Waals surface area contributed by atoms with Crippen molar-refractivity contribution in [3.63, 3.8) is 0 Å². The van der Waals surface area contributed by atoms with Crippen LogP contribution in [0.3, 0.4) is 0 Å². The molecule has 0 saturated carbocycles. The highest BCUT2D eigenvalue weighted by Crippen LogP contribution is 2.13. The Balaban J connectivity index is 2.10. The average molecular weight is 242 g/mol. The predicted octanol–water partition coefficient (Wildman–Crippen LogP) is 1.94. The number of aromatic nitrogens is 1. The van der Waals surface area contributed by atoms with Crippen LogP contribution in [0.2, 0.25) is 0 Å². The standard InChI is InChI=1S/C14H14N2O2/c1-10(17)6-7-15-14(18)13-8-11-4-2-3-5-12(11)9-16-13/h2-5,8-9H,6-7H2,1H3,(H,15,18). The van der Waals surface area contributed by atoms with Gasteiger partial charge < -0.3 is 5.32 Å². The second-order valence-electron chi connectivity index (χ2n) is 4.12. The van der Waals surface area contributed by atoms with Gasteiger partial charge in [0.2, 0.25) is 0 Å². The van der Waals surface area contributed by atoms with E-state index in [9.17, 15) is 9.59 Å². The molecule has 0 aliphatic heterocycles. The van der Waals surface area contributed by atoms with Gasteiger partial charge in [0, 0.05) is 24.5 Å². The second kappa shape index (κ2) is 5.40. The SMILES string of the molecule is CC(=O)CCNC(=O)c1cc2ccccc2cn1. The number of benzene rings is 1. The normalized spacial score (nSPS) is 10.3. The minimum absolute atomic E-state index is 0.0572. The molecule has 0 fully saturated rings. The van der Waals surface area contributed by atoms with Crippen LogP contribution in [0.1, 0.15) is 23.8 Å². The smallest absolute Gasteiger partial charge is 0.269 e. The fraction of sp³-hybridized carbons (Fsp3) is 0.214. The van der Waals surface area contributed by atoms with Gasteiger partial charge in [-0.2, -0.15) is 0 Å². The molecular formula is C14H14N2O2. The van der Waals surface area contributed by atoms with E-state index in [0.717, 1.165) is 10.8 Å². The van der Waals surface area contributed by atoms with Crippen LogP contribution in [0, 0.1) is 0 Å². The number of carbonyl (C=O) groups is 2. The van der Waals surface area contributed by atoms with Crippen LogP contribution in [-0.4, -0.2) is 23.2 Å². The summed E-state index contributed by atoms with van der Waals surface area (Å²) >= 11 is 0. The Morgan fingerprint density at radius 1 is 1.22 bits per heavy atom. The summed E-state index contributed by atoms with van der Waals surface area (Å²) in [4.78, 5) is 26.7. The summed E-state index contributed by atoms with van der Waals surface area (Å²) in [6, 6.07) is 9.47. The number of carbonyl (C=O) groups excluding carboxylic acids is 2. The molecule has 0 aliphatic rings. The quantitative estimate of drug-likeness (QED) is 0.891. The molecule has 0 unspecified atom stereocenters. The zero-order chi connectivity index (χ0) is 13.0. The number of ketones is 1. The Labute approximate surface area is 105 Å². The van der Waals surface area contributed by atoms with Crippen molar-refractivity contribution in [3.05, 3.63) is 42.2 Å². The van der Waals surface area contributed by atoms with Gasteiger partial charge in [0.25, 0.3) is 5.91 Å². The Bertz CT molecular complexity index is 593. The van der Waals surface area contributed by atoms with Crippen molar-refractivity contribution in [2.75, 3.05) is 6.54 Å². The number of fused-ring (bicyclic) bond motifs is 1. The molecule has 4 nitrogen and oxygen atoms in total. The molecule has 92 valence electrons. The number of nitrogens with one attached hydrogen (secondary N) is 1. The average Bonchev–Trinajstić information content (AvgIpc) is 2.37. The maximum atomic E-state index is 11.8. The van der Waals surface area contributed by atoms with E-state index in [2.05, 4.69) is 10.3 Å². The zero-order valence-electron chi connectivity index (χ0n) is 10.1. The van der Waals surface area contributed by atoms with Crippen LogP contribution in [0.4, 0.5) is 0 Å². The minimum atomic E-state index is -0.248. The Kier molecular flexibility index (Phi) is 3.67. The number of hydrogen-bond acceptors (Lipinski definition) is 3. The zero-order valence-corrected chi connectivity index (χ0v) is 10.1. The van der Waals surface area contributed by atoms with E-state index in [-0.39, 0.29) is 11.7 Å². The fourth-order valence-electron chi connectivity index (χ4n) is 1.65. The number of nitrogens with zero attached hydrogens (tertiary/aromatic N) is 1. The number of Topliss-reactive ketones (excluding diaryl/α,β-unsaturated/α-hetero) is 1. The molecule has 0 saturated heterocycles. The molecule has 0 spiro atoms. The Morgan fingerprint density at radius 3 is 2.67 bits per heavy atom. The third kappa shape index (κ3) is 2.91. The lowest BCUT2D eigenvalue weighted by Crippen LogP contribution is -2.26. The van der Waals surface area contributed by atoms with E-state index in [1.165, 1.54) is 6.92 Å². The summed E-state index contributed by atoms with van der Waals surface area (Å²) in [5.41, 5.74) is 0.372. The van der Waals surface area contributed by atoms with Crippen molar-refractivity contribution >= 4 is 22.5 Å². The van der Waals surface area contributed by atoms with Crippen LogP contribution in [-0.2, 0) is 4.79 Å². The largest absolute Gasteiger partial charge is 0.350 e. The highest BCUT2D eigenvalue weighted by atomic mass is 16.2. The first kappa shape index (κ1) is 12.2. The monoisotopic (exact) mass is 242 g/mol. The van der Waals surface area contributed by atoms with Crippen LogP contribution in [0.25, 0.3) is 10.8 Å². The first-order valence-electron chi connectivity index (χ1n) is 5.79. The summed E-state index contributed by atoms with van der Waals surface area (Å²) in [6.07, 6.45) is 2.02. The summed E-state index contributed by atoms with van der Waals surface area (Å²) in [7, 11) is 0. The molecular weight excluding hydrogens is 228 g/mol. The van der Waals surface area contributed by atoms with Gasteiger partial charge in [-0.25, -0.2) is 0 Å². The van der Waals surface area contributed by atoms with E-state index < -0.39 is 0 Å². The third-order valence-corrected chi connectivity index (χ3v) is 2.63. The fourth-order valence-corrected chi connectivity index (χ4v) is 1.65. The highest BCUT2D eigenvalue weighted by Gasteiger charge is 2.07. The molecule has 0 bridgehead atoms. The van der Waals surface area contributed by atoms with Gasteiger partial charge >= 0.3 is 0 Å². The maximum Gasteiger partial charge on any atom is 0.269 e. The molecule has 1 aromatic carbocycles. The minimum Gasteiger partial charge on any atom is -0.350 e. The van der Waals surface area contributed by atoms with Crippen LogP contribution in [0.5, 0.6) is 0 Å². The molecule has 0 radical (unpaired) electrons. The van der Waals surface area contributed by atoms with Gasteiger partial charge in [0.1, 0.15) is 11.5 Å². The molecule has 1 amide bonds. The lowest BCUT2D eigenvalue weighted by atomic mass is 10.1.